The lowest BCUT2D eigenvalue weighted by atomic mass is 10.1. The fourth-order valence-electron chi connectivity index (χ4n) is 2.87. The first kappa shape index (κ1) is 17.2. The predicted octanol–water partition coefficient (Wildman–Crippen LogP) is 2.61. The zero-order valence-electron chi connectivity index (χ0n) is 14.8. The summed E-state index contributed by atoms with van der Waals surface area (Å²) in [5, 5.41) is 16.7. The van der Waals surface area contributed by atoms with Crippen molar-refractivity contribution < 1.29 is 14.3 Å². The number of aliphatic hydroxyl groups excluding tert-OH is 1. The highest BCUT2D eigenvalue weighted by Gasteiger charge is 2.20. The van der Waals surface area contributed by atoms with Gasteiger partial charge in [0.05, 0.1) is 29.4 Å². The summed E-state index contributed by atoms with van der Waals surface area (Å²) in [7, 11) is 0. The van der Waals surface area contributed by atoms with Crippen molar-refractivity contribution >= 4 is 16.9 Å². The molecule has 0 bridgehead atoms. The van der Waals surface area contributed by atoms with Gasteiger partial charge in [-0.15, -0.1) is 0 Å². The first-order valence-corrected chi connectivity index (χ1v) is 8.27. The highest BCUT2D eigenvalue weighted by Crippen LogP contribution is 2.29. The van der Waals surface area contributed by atoms with Crippen LogP contribution in [-0.4, -0.2) is 38.9 Å². The van der Waals surface area contributed by atoms with E-state index in [0.717, 1.165) is 17.1 Å². The fourth-order valence-corrected chi connectivity index (χ4v) is 2.87. The van der Waals surface area contributed by atoms with E-state index in [2.05, 4.69) is 10.4 Å². The van der Waals surface area contributed by atoms with Crippen molar-refractivity contribution in [2.45, 2.75) is 33.7 Å². The maximum absolute atomic E-state index is 12.6. The number of pyridine rings is 1. The summed E-state index contributed by atoms with van der Waals surface area (Å²) in [6, 6.07) is 3.77. The van der Waals surface area contributed by atoms with E-state index in [9.17, 15) is 4.79 Å². The second-order valence-corrected chi connectivity index (χ2v) is 6.28. The maximum Gasteiger partial charge on any atom is 0.252 e. The molecule has 132 valence electrons. The van der Waals surface area contributed by atoms with Crippen LogP contribution in [0.15, 0.2) is 22.7 Å². The van der Waals surface area contributed by atoms with Gasteiger partial charge in [0.2, 0.25) is 0 Å². The Balaban J connectivity index is 2.22. The number of carbonyl (C=O) groups excluding carboxylic acids is 1. The van der Waals surface area contributed by atoms with Gasteiger partial charge in [-0.1, -0.05) is 0 Å². The van der Waals surface area contributed by atoms with E-state index >= 15 is 0 Å². The number of nitrogens with zero attached hydrogens (tertiary/aromatic N) is 3. The van der Waals surface area contributed by atoms with Crippen molar-refractivity contribution in [3.8, 4) is 11.3 Å². The Morgan fingerprint density at radius 1 is 1.36 bits per heavy atom. The summed E-state index contributed by atoms with van der Waals surface area (Å²) >= 11 is 0. The van der Waals surface area contributed by atoms with Gasteiger partial charge in [0.25, 0.3) is 5.91 Å². The van der Waals surface area contributed by atoms with Crippen molar-refractivity contribution in [2.24, 2.45) is 0 Å². The Hall–Kier alpha value is -2.67. The van der Waals surface area contributed by atoms with Crippen molar-refractivity contribution in [1.29, 1.82) is 0 Å². The van der Waals surface area contributed by atoms with Crippen molar-refractivity contribution in [2.75, 3.05) is 13.2 Å². The Morgan fingerprint density at radius 2 is 2.12 bits per heavy atom. The van der Waals surface area contributed by atoms with Gasteiger partial charge in [0.1, 0.15) is 11.5 Å². The molecule has 3 rings (SSSR count). The summed E-state index contributed by atoms with van der Waals surface area (Å²) in [5.41, 5.74) is 2.66. The van der Waals surface area contributed by atoms with Crippen LogP contribution in [0.2, 0.25) is 0 Å². The normalized spacial score (nSPS) is 11.4. The van der Waals surface area contributed by atoms with Gasteiger partial charge in [-0.2, -0.15) is 5.10 Å². The molecule has 0 fully saturated rings. The number of aryl methyl sites for hydroxylation is 2. The number of nitrogens with one attached hydrogen (secondary N) is 1. The van der Waals surface area contributed by atoms with Crippen molar-refractivity contribution in [1.82, 2.24) is 20.1 Å². The van der Waals surface area contributed by atoms with Crippen LogP contribution >= 0.6 is 0 Å². The minimum absolute atomic E-state index is 0.112. The first-order valence-electron chi connectivity index (χ1n) is 8.27. The average molecular weight is 342 g/mol. The Bertz CT molecular complexity index is 924. The van der Waals surface area contributed by atoms with E-state index in [1.165, 1.54) is 0 Å². The number of hydrogen-bond donors (Lipinski definition) is 2. The van der Waals surface area contributed by atoms with Gasteiger partial charge < -0.3 is 14.8 Å². The minimum Gasteiger partial charge on any atom is -0.466 e. The molecule has 3 aromatic heterocycles. The third-order valence-electron chi connectivity index (χ3n) is 4.01. The number of furan rings is 1. The number of fused-ring (bicyclic) bond motifs is 1. The van der Waals surface area contributed by atoms with Gasteiger partial charge in [-0.25, -0.2) is 9.67 Å². The first-order chi connectivity index (χ1) is 11.9. The molecule has 3 heterocycles. The van der Waals surface area contributed by atoms with Crippen LogP contribution in [-0.2, 0) is 0 Å². The van der Waals surface area contributed by atoms with Gasteiger partial charge in [-0.3, -0.25) is 4.79 Å². The topological polar surface area (TPSA) is 93.2 Å². The van der Waals surface area contributed by atoms with Crippen LogP contribution in [0.3, 0.4) is 0 Å². The summed E-state index contributed by atoms with van der Waals surface area (Å²) < 4.78 is 7.40. The van der Waals surface area contributed by atoms with Crippen molar-refractivity contribution in [3.63, 3.8) is 0 Å². The van der Waals surface area contributed by atoms with E-state index in [4.69, 9.17) is 14.5 Å². The summed E-state index contributed by atoms with van der Waals surface area (Å²) in [4.78, 5) is 17.3. The fraction of sp³-hybridized carbons (Fsp3) is 0.389. The summed E-state index contributed by atoms with van der Waals surface area (Å²) in [6.07, 6.45) is 1.66. The highest BCUT2D eigenvalue weighted by atomic mass is 16.3. The second-order valence-electron chi connectivity index (χ2n) is 6.28. The quantitative estimate of drug-likeness (QED) is 0.743. The number of aromatic nitrogens is 3. The molecule has 0 saturated heterocycles. The van der Waals surface area contributed by atoms with Gasteiger partial charge in [0, 0.05) is 18.2 Å². The van der Waals surface area contributed by atoms with Crippen LogP contribution in [0.25, 0.3) is 22.3 Å². The highest BCUT2D eigenvalue weighted by molar-refractivity contribution is 6.06. The lowest BCUT2D eigenvalue weighted by Crippen LogP contribution is -2.26. The largest absolute Gasteiger partial charge is 0.466 e. The molecular formula is C18H22N4O3. The Morgan fingerprint density at radius 3 is 2.72 bits per heavy atom. The number of hydrogen-bond acceptors (Lipinski definition) is 5. The standard InChI is InChI=1S/C18H22N4O3/c1-10(2)22-17-15(9-20-22)14(18(24)19-5-6-23)8-16(21-17)13-7-11(3)25-12(13)4/h7-10,23H,5-6H2,1-4H3,(H,19,24). The number of aliphatic hydroxyl groups is 1. The zero-order valence-corrected chi connectivity index (χ0v) is 14.8. The van der Waals surface area contributed by atoms with Crippen LogP contribution in [0.1, 0.15) is 41.8 Å². The van der Waals surface area contributed by atoms with E-state index in [0.29, 0.717) is 22.3 Å². The van der Waals surface area contributed by atoms with Crippen LogP contribution < -0.4 is 5.32 Å². The molecule has 1 amide bonds. The zero-order chi connectivity index (χ0) is 18.1. The SMILES string of the molecule is Cc1cc(-c2cc(C(=O)NCCO)c3cnn(C(C)C)c3n2)c(C)o1. The maximum atomic E-state index is 12.6. The van der Waals surface area contributed by atoms with Crippen molar-refractivity contribution in [3.05, 3.63) is 35.4 Å². The molecule has 0 aliphatic heterocycles. The van der Waals surface area contributed by atoms with E-state index in [-0.39, 0.29) is 25.1 Å². The lowest BCUT2D eigenvalue weighted by Gasteiger charge is -2.10. The molecule has 7 heteroatoms. The average Bonchev–Trinajstić information content (AvgIpc) is 3.14. The Labute approximate surface area is 145 Å². The van der Waals surface area contributed by atoms with Gasteiger partial charge in [0.15, 0.2) is 5.65 Å². The smallest absolute Gasteiger partial charge is 0.252 e. The third-order valence-corrected chi connectivity index (χ3v) is 4.01. The molecule has 0 aliphatic rings. The molecule has 0 aromatic carbocycles. The second kappa shape index (κ2) is 6.68. The third kappa shape index (κ3) is 3.15. The van der Waals surface area contributed by atoms with Gasteiger partial charge >= 0.3 is 0 Å². The minimum atomic E-state index is -0.260. The molecule has 0 aliphatic carbocycles. The number of amides is 1. The molecule has 0 radical (unpaired) electrons. The molecule has 0 atom stereocenters. The van der Waals surface area contributed by atoms with E-state index in [1.54, 1.807) is 16.9 Å². The summed E-state index contributed by atoms with van der Waals surface area (Å²) in [6.45, 7) is 7.86. The summed E-state index contributed by atoms with van der Waals surface area (Å²) in [5.74, 6) is 1.28. The monoisotopic (exact) mass is 342 g/mol. The lowest BCUT2D eigenvalue weighted by molar-refractivity contribution is 0.0946. The molecule has 7 nitrogen and oxygen atoms in total. The molecular weight excluding hydrogens is 320 g/mol. The predicted molar refractivity (Wildman–Crippen MR) is 94.5 cm³/mol. The molecule has 0 spiro atoms. The van der Waals surface area contributed by atoms with Crippen LogP contribution in [0.4, 0.5) is 0 Å². The molecule has 3 aromatic rings. The molecule has 2 N–H and O–H groups in total. The molecule has 0 saturated carbocycles. The molecule has 0 unspecified atom stereocenters. The van der Waals surface area contributed by atoms with E-state index < -0.39 is 0 Å². The van der Waals surface area contributed by atoms with Crippen LogP contribution in [0, 0.1) is 13.8 Å². The molecule has 25 heavy (non-hydrogen) atoms. The number of carbonyl (C=O) groups is 1. The van der Waals surface area contributed by atoms with Gasteiger partial charge in [-0.05, 0) is 39.8 Å². The van der Waals surface area contributed by atoms with E-state index in [1.807, 2.05) is 33.8 Å². The Kier molecular flexibility index (Phi) is 4.59. The van der Waals surface area contributed by atoms with Crippen LogP contribution in [0.5, 0.6) is 0 Å². The number of rotatable bonds is 5.